The number of unbranched alkanes of at least 4 members (excludes halogenated alkanes) is 1. The molecule has 3 nitrogen and oxygen atoms in total. The molecule has 0 spiro atoms. The second kappa shape index (κ2) is 5.79. The third kappa shape index (κ3) is 3.57. The molecule has 0 amide bonds. The Hall–Kier alpha value is -0.990. The van der Waals surface area contributed by atoms with Crippen molar-refractivity contribution in [2.75, 3.05) is 5.32 Å². The lowest BCUT2D eigenvalue weighted by Gasteiger charge is -2.17. The van der Waals surface area contributed by atoms with Gasteiger partial charge in [-0.3, -0.25) is 4.68 Å². The van der Waals surface area contributed by atoms with Crippen molar-refractivity contribution in [3.05, 3.63) is 11.9 Å². The molecule has 0 saturated carbocycles. The maximum absolute atomic E-state index is 4.33. The fourth-order valence-electron chi connectivity index (χ4n) is 1.79. The lowest BCUT2D eigenvalue weighted by Crippen LogP contribution is -2.18. The van der Waals surface area contributed by atoms with Gasteiger partial charge >= 0.3 is 0 Å². The summed E-state index contributed by atoms with van der Waals surface area (Å²) in [5.74, 6) is 0. The maximum Gasteiger partial charge on any atom is 0.0825 e. The SMILES string of the molecule is CCCCC(CC)Nc1cn(C)nc1C. The molecule has 1 rings (SSSR count). The molecular weight excluding hydrogens is 186 g/mol. The number of hydrogen-bond donors (Lipinski definition) is 1. The van der Waals surface area contributed by atoms with Crippen LogP contribution in [-0.2, 0) is 7.05 Å². The standard InChI is InChI=1S/C12H23N3/c1-5-7-8-11(6-2)13-12-9-15(4)14-10(12)3/h9,11,13H,5-8H2,1-4H3. The van der Waals surface area contributed by atoms with Crippen LogP contribution in [0.4, 0.5) is 5.69 Å². The molecule has 3 heteroatoms. The number of anilines is 1. The summed E-state index contributed by atoms with van der Waals surface area (Å²) in [6.45, 7) is 6.52. The van der Waals surface area contributed by atoms with Gasteiger partial charge < -0.3 is 5.32 Å². The largest absolute Gasteiger partial charge is 0.380 e. The highest BCUT2D eigenvalue weighted by Crippen LogP contribution is 2.16. The fraction of sp³-hybridized carbons (Fsp3) is 0.750. The van der Waals surface area contributed by atoms with Crippen LogP contribution in [0.15, 0.2) is 6.20 Å². The molecule has 0 aliphatic carbocycles. The molecule has 0 radical (unpaired) electrons. The van der Waals surface area contributed by atoms with Crippen LogP contribution < -0.4 is 5.32 Å². The first-order chi connectivity index (χ1) is 7.17. The Balaban J connectivity index is 2.54. The molecule has 0 aromatic carbocycles. The first kappa shape index (κ1) is 12.1. The Morgan fingerprint density at radius 3 is 2.67 bits per heavy atom. The van der Waals surface area contributed by atoms with Crippen LogP contribution in [0, 0.1) is 6.92 Å². The van der Waals surface area contributed by atoms with Gasteiger partial charge in [-0.25, -0.2) is 0 Å². The van der Waals surface area contributed by atoms with Crippen LogP contribution in [0.3, 0.4) is 0 Å². The molecule has 1 aromatic heterocycles. The number of hydrogen-bond acceptors (Lipinski definition) is 2. The molecule has 0 fully saturated rings. The van der Waals surface area contributed by atoms with Crippen molar-refractivity contribution in [2.24, 2.45) is 7.05 Å². The summed E-state index contributed by atoms with van der Waals surface area (Å²) in [7, 11) is 1.96. The Morgan fingerprint density at radius 1 is 1.47 bits per heavy atom. The van der Waals surface area contributed by atoms with Crippen molar-refractivity contribution in [2.45, 2.75) is 52.5 Å². The van der Waals surface area contributed by atoms with Gasteiger partial charge in [-0.1, -0.05) is 26.7 Å². The summed E-state index contributed by atoms with van der Waals surface area (Å²) in [4.78, 5) is 0. The zero-order chi connectivity index (χ0) is 11.3. The zero-order valence-electron chi connectivity index (χ0n) is 10.4. The first-order valence-corrected chi connectivity index (χ1v) is 5.94. The Morgan fingerprint density at radius 2 is 2.20 bits per heavy atom. The van der Waals surface area contributed by atoms with Crippen LogP contribution in [-0.4, -0.2) is 15.8 Å². The minimum absolute atomic E-state index is 0.591. The highest BCUT2D eigenvalue weighted by atomic mass is 15.3. The average molecular weight is 209 g/mol. The Kier molecular flexibility index (Phi) is 4.66. The van der Waals surface area contributed by atoms with E-state index in [2.05, 4.69) is 37.4 Å². The van der Waals surface area contributed by atoms with Crippen LogP contribution in [0.2, 0.25) is 0 Å². The Bertz CT molecular complexity index is 291. The van der Waals surface area contributed by atoms with Gasteiger partial charge in [0, 0.05) is 19.3 Å². The number of aryl methyl sites for hydroxylation is 2. The van der Waals surface area contributed by atoms with Gasteiger partial charge in [-0.05, 0) is 19.8 Å². The number of nitrogens with zero attached hydrogens (tertiary/aromatic N) is 2. The van der Waals surface area contributed by atoms with Gasteiger partial charge in [0.05, 0.1) is 11.4 Å². The smallest absolute Gasteiger partial charge is 0.0825 e. The molecule has 0 aliphatic rings. The van der Waals surface area contributed by atoms with E-state index in [1.54, 1.807) is 0 Å². The minimum Gasteiger partial charge on any atom is -0.380 e. The van der Waals surface area contributed by atoms with E-state index in [9.17, 15) is 0 Å². The second-order valence-corrected chi connectivity index (χ2v) is 4.19. The molecule has 0 bridgehead atoms. The lowest BCUT2D eigenvalue weighted by molar-refractivity contribution is 0.593. The van der Waals surface area contributed by atoms with Gasteiger partial charge in [0.15, 0.2) is 0 Å². The van der Waals surface area contributed by atoms with Crippen LogP contribution in [0.25, 0.3) is 0 Å². The van der Waals surface area contributed by atoms with Crippen molar-refractivity contribution in [3.63, 3.8) is 0 Å². The van der Waals surface area contributed by atoms with Crippen molar-refractivity contribution >= 4 is 5.69 Å². The summed E-state index contributed by atoms with van der Waals surface area (Å²) in [5, 5.41) is 7.90. The van der Waals surface area contributed by atoms with E-state index < -0.39 is 0 Å². The van der Waals surface area contributed by atoms with Gasteiger partial charge in [0.25, 0.3) is 0 Å². The van der Waals surface area contributed by atoms with Gasteiger partial charge in [0.2, 0.25) is 0 Å². The maximum atomic E-state index is 4.33. The van der Waals surface area contributed by atoms with E-state index in [1.165, 1.54) is 31.4 Å². The van der Waals surface area contributed by atoms with Crippen LogP contribution in [0.5, 0.6) is 0 Å². The van der Waals surface area contributed by atoms with Crippen molar-refractivity contribution in [1.82, 2.24) is 9.78 Å². The van der Waals surface area contributed by atoms with Crippen molar-refractivity contribution < 1.29 is 0 Å². The third-order valence-electron chi connectivity index (χ3n) is 2.77. The van der Waals surface area contributed by atoms with E-state index in [0.29, 0.717) is 6.04 Å². The summed E-state index contributed by atoms with van der Waals surface area (Å²) < 4.78 is 1.87. The van der Waals surface area contributed by atoms with E-state index in [0.717, 1.165) is 5.69 Å². The van der Waals surface area contributed by atoms with E-state index in [4.69, 9.17) is 0 Å². The van der Waals surface area contributed by atoms with Gasteiger partial charge in [-0.2, -0.15) is 5.10 Å². The predicted octanol–water partition coefficient (Wildman–Crippen LogP) is 3.11. The quantitative estimate of drug-likeness (QED) is 0.780. The number of rotatable bonds is 6. The van der Waals surface area contributed by atoms with E-state index in [1.807, 2.05) is 11.7 Å². The molecule has 86 valence electrons. The summed E-state index contributed by atoms with van der Waals surface area (Å²) >= 11 is 0. The van der Waals surface area contributed by atoms with Gasteiger partial charge in [0.1, 0.15) is 0 Å². The zero-order valence-corrected chi connectivity index (χ0v) is 10.4. The second-order valence-electron chi connectivity index (χ2n) is 4.19. The molecule has 1 atom stereocenters. The first-order valence-electron chi connectivity index (χ1n) is 5.94. The molecular formula is C12H23N3. The van der Waals surface area contributed by atoms with Crippen LogP contribution in [0.1, 0.15) is 45.2 Å². The Labute approximate surface area is 92.9 Å². The molecule has 1 unspecified atom stereocenters. The summed E-state index contributed by atoms with van der Waals surface area (Å²) in [6.07, 6.45) is 7.05. The summed E-state index contributed by atoms with van der Waals surface area (Å²) in [5.41, 5.74) is 2.27. The minimum atomic E-state index is 0.591. The summed E-state index contributed by atoms with van der Waals surface area (Å²) in [6, 6.07) is 0.591. The number of nitrogens with one attached hydrogen (secondary N) is 1. The lowest BCUT2D eigenvalue weighted by atomic mass is 10.1. The van der Waals surface area contributed by atoms with E-state index >= 15 is 0 Å². The van der Waals surface area contributed by atoms with E-state index in [-0.39, 0.29) is 0 Å². The number of aromatic nitrogens is 2. The molecule has 15 heavy (non-hydrogen) atoms. The highest BCUT2D eigenvalue weighted by molar-refractivity contribution is 5.46. The average Bonchev–Trinajstić information content (AvgIpc) is 2.52. The third-order valence-corrected chi connectivity index (χ3v) is 2.77. The van der Waals surface area contributed by atoms with Gasteiger partial charge in [-0.15, -0.1) is 0 Å². The normalized spacial score (nSPS) is 12.8. The highest BCUT2D eigenvalue weighted by Gasteiger charge is 2.08. The molecule has 0 aliphatic heterocycles. The molecule has 0 saturated heterocycles. The predicted molar refractivity (Wildman–Crippen MR) is 65.2 cm³/mol. The van der Waals surface area contributed by atoms with Crippen molar-refractivity contribution in [1.29, 1.82) is 0 Å². The molecule has 1 heterocycles. The monoisotopic (exact) mass is 209 g/mol. The fourth-order valence-corrected chi connectivity index (χ4v) is 1.79. The van der Waals surface area contributed by atoms with Crippen molar-refractivity contribution in [3.8, 4) is 0 Å². The molecule has 1 aromatic rings. The molecule has 1 N–H and O–H groups in total. The van der Waals surface area contributed by atoms with Crippen LogP contribution >= 0.6 is 0 Å². The topological polar surface area (TPSA) is 29.9 Å².